The lowest BCUT2D eigenvalue weighted by atomic mass is 10.1. The summed E-state index contributed by atoms with van der Waals surface area (Å²) in [5.41, 5.74) is 4.06. The third-order valence-corrected chi connectivity index (χ3v) is 1.56. The summed E-state index contributed by atoms with van der Waals surface area (Å²) in [6.07, 6.45) is -1.94. The van der Waals surface area contributed by atoms with Crippen molar-refractivity contribution in [2.75, 3.05) is 6.54 Å². The SMILES string of the molecule is NCC(F)c1c(F)cc(F)cc1F. The minimum atomic E-state index is -1.94. The van der Waals surface area contributed by atoms with Gasteiger partial charge in [0, 0.05) is 18.7 Å². The highest BCUT2D eigenvalue weighted by atomic mass is 19.2. The summed E-state index contributed by atoms with van der Waals surface area (Å²) in [5, 5.41) is 0. The number of hydrogen-bond acceptors (Lipinski definition) is 1. The van der Waals surface area contributed by atoms with E-state index in [1.54, 1.807) is 0 Å². The van der Waals surface area contributed by atoms with Crippen molar-refractivity contribution < 1.29 is 17.6 Å². The van der Waals surface area contributed by atoms with Gasteiger partial charge >= 0.3 is 0 Å². The van der Waals surface area contributed by atoms with E-state index >= 15 is 0 Å². The van der Waals surface area contributed by atoms with Gasteiger partial charge in [-0.05, 0) is 0 Å². The molecule has 0 spiro atoms. The number of nitrogens with two attached hydrogens (primary N) is 1. The molecule has 0 aromatic heterocycles. The Bertz CT molecular complexity index is 290. The Labute approximate surface area is 72.2 Å². The van der Waals surface area contributed by atoms with Crippen LogP contribution in [0.5, 0.6) is 0 Å². The molecule has 1 rings (SSSR count). The molecular weight excluding hydrogens is 186 g/mol. The highest BCUT2D eigenvalue weighted by Gasteiger charge is 2.19. The minimum absolute atomic E-state index is 0.417. The van der Waals surface area contributed by atoms with Crippen LogP contribution in [0.25, 0.3) is 0 Å². The van der Waals surface area contributed by atoms with E-state index in [0.29, 0.717) is 12.1 Å². The van der Waals surface area contributed by atoms with Crippen molar-refractivity contribution in [1.82, 2.24) is 0 Å². The van der Waals surface area contributed by atoms with E-state index in [4.69, 9.17) is 5.73 Å². The molecule has 0 bridgehead atoms. The number of halogens is 4. The largest absolute Gasteiger partial charge is 0.327 e. The Balaban J connectivity index is 3.20. The summed E-state index contributed by atoms with van der Waals surface area (Å²) in [4.78, 5) is 0. The van der Waals surface area contributed by atoms with Gasteiger partial charge in [0.05, 0.1) is 5.56 Å². The lowest BCUT2D eigenvalue weighted by molar-refractivity contribution is 0.327. The number of rotatable bonds is 2. The monoisotopic (exact) mass is 193 g/mol. The maximum absolute atomic E-state index is 12.8. The van der Waals surface area contributed by atoms with E-state index in [9.17, 15) is 17.6 Å². The molecule has 0 heterocycles. The van der Waals surface area contributed by atoms with Crippen LogP contribution in [0, 0.1) is 17.5 Å². The molecule has 0 aliphatic carbocycles. The van der Waals surface area contributed by atoms with Crippen LogP contribution in [0.2, 0.25) is 0 Å². The molecule has 5 heteroatoms. The average molecular weight is 193 g/mol. The lowest BCUT2D eigenvalue weighted by Gasteiger charge is -2.07. The minimum Gasteiger partial charge on any atom is -0.327 e. The van der Waals surface area contributed by atoms with Gasteiger partial charge in [-0.2, -0.15) is 0 Å². The molecule has 1 aromatic rings. The van der Waals surface area contributed by atoms with Crippen molar-refractivity contribution >= 4 is 0 Å². The van der Waals surface area contributed by atoms with Crippen LogP contribution in [0.3, 0.4) is 0 Å². The van der Waals surface area contributed by atoms with Crippen LogP contribution in [-0.2, 0) is 0 Å². The second-order valence-corrected chi connectivity index (χ2v) is 2.49. The van der Waals surface area contributed by atoms with Gasteiger partial charge in [0.25, 0.3) is 0 Å². The van der Waals surface area contributed by atoms with Crippen molar-refractivity contribution in [3.8, 4) is 0 Å². The van der Waals surface area contributed by atoms with Gasteiger partial charge in [-0.3, -0.25) is 0 Å². The number of hydrogen-bond donors (Lipinski definition) is 1. The van der Waals surface area contributed by atoms with E-state index < -0.39 is 35.7 Å². The quantitative estimate of drug-likeness (QED) is 0.715. The van der Waals surface area contributed by atoms with Crippen molar-refractivity contribution in [3.63, 3.8) is 0 Å². The first-order valence-corrected chi connectivity index (χ1v) is 3.55. The van der Waals surface area contributed by atoms with Crippen LogP contribution in [0.4, 0.5) is 17.6 Å². The highest BCUT2D eigenvalue weighted by molar-refractivity contribution is 5.23. The van der Waals surface area contributed by atoms with Crippen molar-refractivity contribution in [2.24, 2.45) is 5.73 Å². The number of benzene rings is 1. The van der Waals surface area contributed by atoms with Gasteiger partial charge in [0.15, 0.2) is 0 Å². The molecule has 72 valence electrons. The fourth-order valence-electron chi connectivity index (χ4n) is 0.970. The average Bonchev–Trinajstić information content (AvgIpc) is 2.02. The predicted molar refractivity (Wildman–Crippen MR) is 39.2 cm³/mol. The molecule has 2 N–H and O–H groups in total. The summed E-state index contributed by atoms with van der Waals surface area (Å²) in [6.45, 7) is -0.542. The normalized spacial score (nSPS) is 13.0. The fraction of sp³-hybridized carbons (Fsp3) is 0.250. The van der Waals surface area contributed by atoms with Gasteiger partial charge in [-0.25, -0.2) is 17.6 Å². The molecule has 1 atom stereocenters. The number of alkyl halides is 1. The second kappa shape index (κ2) is 3.74. The predicted octanol–water partition coefficient (Wildman–Crippen LogP) is 2.07. The Hall–Kier alpha value is -1.10. The van der Waals surface area contributed by atoms with Gasteiger partial charge in [0.1, 0.15) is 23.6 Å². The van der Waals surface area contributed by atoms with Crippen molar-refractivity contribution in [3.05, 3.63) is 35.1 Å². The van der Waals surface area contributed by atoms with Crippen LogP contribution in [-0.4, -0.2) is 6.54 Å². The zero-order valence-corrected chi connectivity index (χ0v) is 6.53. The highest BCUT2D eigenvalue weighted by Crippen LogP contribution is 2.23. The standard InChI is InChI=1S/C8H7F4N/c9-4-1-5(10)8(6(11)2-4)7(12)3-13/h1-2,7H,3,13H2. The van der Waals surface area contributed by atoms with Crippen LogP contribution >= 0.6 is 0 Å². The third kappa shape index (κ3) is 1.98. The van der Waals surface area contributed by atoms with E-state index in [-0.39, 0.29) is 0 Å². The van der Waals surface area contributed by atoms with E-state index in [0.717, 1.165) is 0 Å². The van der Waals surface area contributed by atoms with Gasteiger partial charge in [-0.1, -0.05) is 0 Å². The molecule has 0 saturated carbocycles. The Kier molecular flexibility index (Phi) is 2.87. The summed E-state index contributed by atoms with van der Waals surface area (Å²) >= 11 is 0. The molecule has 1 aromatic carbocycles. The maximum atomic E-state index is 12.8. The summed E-state index contributed by atoms with van der Waals surface area (Å²) < 4.78 is 50.7. The van der Waals surface area contributed by atoms with Gasteiger partial charge in [0.2, 0.25) is 0 Å². The molecule has 0 amide bonds. The fourth-order valence-corrected chi connectivity index (χ4v) is 0.970. The first-order valence-electron chi connectivity index (χ1n) is 3.55. The molecule has 0 aliphatic rings. The zero-order chi connectivity index (χ0) is 10.0. The topological polar surface area (TPSA) is 26.0 Å². The summed E-state index contributed by atoms with van der Waals surface area (Å²) in [7, 11) is 0. The van der Waals surface area contributed by atoms with E-state index in [1.807, 2.05) is 0 Å². The molecule has 0 radical (unpaired) electrons. The molecular formula is C8H7F4N. The van der Waals surface area contributed by atoms with Crippen molar-refractivity contribution in [2.45, 2.75) is 6.17 Å². The van der Waals surface area contributed by atoms with Crippen LogP contribution < -0.4 is 5.73 Å². The van der Waals surface area contributed by atoms with Crippen LogP contribution in [0.1, 0.15) is 11.7 Å². The van der Waals surface area contributed by atoms with Crippen LogP contribution in [0.15, 0.2) is 12.1 Å². The molecule has 1 unspecified atom stereocenters. The Morgan fingerprint density at radius 3 is 2.00 bits per heavy atom. The maximum Gasteiger partial charge on any atom is 0.143 e. The van der Waals surface area contributed by atoms with E-state index in [1.165, 1.54) is 0 Å². The first-order chi connectivity index (χ1) is 6.06. The molecule has 0 saturated heterocycles. The van der Waals surface area contributed by atoms with Gasteiger partial charge < -0.3 is 5.73 Å². The Morgan fingerprint density at radius 1 is 1.15 bits per heavy atom. The third-order valence-electron chi connectivity index (χ3n) is 1.56. The summed E-state index contributed by atoms with van der Waals surface area (Å²) in [5.74, 6) is -3.59. The molecule has 0 aliphatic heterocycles. The molecule has 13 heavy (non-hydrogen) atoms. The second-order valence-electron chi connectivity index (χ2n) is 2.49. The molecule has 1 nitrogen and oxygen atoms in total. The zero-order valence-electron chi connectivity index (χ0n) is 6.53. The van der Waals surface area contributed by atoms with Gasteiger partial charge in [-0.15, -0.1) is 0 Å². The van der Waals surface area contributed by atoms with Crippen molar-refractivity contribution in [1.29, 1.82) is 0 Å². The molecule has 0 fully saturated rings. The first kappa shape index (κ1) is 9.98. The summed E-state index contributed by atoms with van der Waals surface area (Å²) in [6, 6.07) is 0.835. The van der Waals surface area contributed by atoms with E-state index in [2.05, 4.69) is 0 Å². The Morgan fingerprint density at radius 2 is 1.62 bits per heavy atom. The smallest absolute Gasteiger partial charge is 0.143 e. The lowest BCUT2D eigenvalue weighted by Crippen LogP contribution is -2.11.